The number of hydrogen-bond donors (Lipinski definition) is 1. The molecule has 0 spiro atoms. The SMILES string of the molecule is Cc1c(Cl)cccc1-n1c(C)cc([C@H]2[C@H](c3ccccn3)NC(=S)N2c2ccc(Oc3ccccc3)cc2)c1C. The summed E-state index contributed by atoms with van der Waals surface area (Å²) in [5.74, 6) is 1.56. The van der Waals surface area contributed by atoms with Crippen LogP contribution in [0.3, 0.4) is 0 Å². The summed E-state index contributed by atoms with van der Waals surface area (Å²) in [6.45, 7) is 6.35. The Kier molecular flexibility index (Phi) is 7.05. The van der Waals surface area contributed by atoms with Gasteiger partial charge in [-0.05, 0) is 111 Å². The molecule has 5 nitrogen and oxygen atoms in total. The highest BCUT2D eigenvalue weighted by Crippen LogP contribution is 2.44. The molecule has 7 heteroatoms. The minimum Gasteiger partial charge on any atom is -0.457 e. The van der Waals surface area contributed by atoms with Crippen molar-refractivity contribution < 1.29 is 4.74 Å². The molecular weight excluding hydrogens is 536 g/mol. The molecule has 0 unspecified atom stereocenters. The zero-order chi connectivity index (χ0) is 27.8. The van der Waals surface area contributed by atoms with E-state index in [2.05, 4.69) is 59.8 Å². The zero-order valence-corrected chi connectivity index (χ0v) is 24.1. The van der Waals surface area contributed by atoms with Gasteiger partial charge in [-0.1, -0.05) is 41.9 Å². The number of para-hydroxylation sites is 1. The van der Waals surface area contributed by atoms with Crippen LogP contribution < -0.4 is 15.0 Å². The molecule has 1 N–H and O–H groups in total. The number of hydrogen-bond acceptors (Lipinski definition) is 3. The van der Waals surface area contributed by atoms with Crippen molar-refractivity contribution in [3.05, 3.63) is 136 Å². The third kappa shape index (κ3) is 4.74. The number of aromatic nitrogens is 2. The third-order valence-corrected chi connectivity index (χ3v) is 8.18. The molecule has 0 saturated carbocycles. The lowest BCUT2D eigenvalue weighted by Crippen LogP contribution is -2.29. The maximum absolute atomic E-state index is 6.52. The van der Waals surface area contributed by atoms with Gasteiger partial charge in [0.1, 0.15) is 11.5 Å². The number of rotatable bonds is 6. The van der Waals surface area contributed by atoms with Crippen molar-refractivity contribution in [3.8, 4) is 17.2 Å². The van der Waals surface area contributed by atoms with Gasteiger partial charge < -0.3 is 19.5 Å². The summed E-state index contributed by atoms with van der Waals surface area (Å²) in [7, 11) is 0. The average molecular weight is 565 g/mol. The second kappa shape index (κ2) is 10.8. The highest BCUT2D eigenvalue weighted by atomic mass is 35.5. The molecule has 1 saturated heterocycles. The van der Waals surface area contributed by atoms with Gasteiger partial charge in [-0.25, -0.2) is 0 Å². The van der Waals surface area contributed by atoms with E-state index >= 15 is 0 Å². The molecule has 40 heavy (non-hydrogen) atoms. The topological polar surface area (TPSA) is 42.3 Å². The largest absolute Gasteiger partial charge is 0.457 e. The van der Waals surface area contributed by atoms with Crippen LogP contribution in [0.25, 0.3) is 5.69 Å². The molecular formula is C33H29ClN4OS. The number of ether oxygens (including phenoxy) is 1. The minimum atomic E-state index is -0.136. The Balaban J connectivity index is 1.44. The zero-order valence-electron chi connectivity index (χ0n) is 22.5. The van der Waals surface area contributed by atoms with Crippen LogP contribution >= 0.6 is 23.8 Å². The van der Waals surface area contributed by atoms with Crippen LogP contribution in [0.5, 0.6) is 11.5 Å². The number of pyridine rings is 1. The van der Waals surface area contributed by atoms with Crippen molar-refractivity contribution in [2.45, 2.75) is 32.9 Å². The van der Waals surface area contributed by atoms with Gasteiger partial charge in [-0.2, -0.15) is 0 Å². The van der Waals surface area contributed by atoms with Crippen molar-refractivity contribution in [3.63, 3.8) is 0 Å². The molecule has 2 atom stereocenters. The fraction of sp³-hybridized carbons (Fsp3) is 0.152. The summed E-state index contributed by atoms with van der Waals surface area (Å²) in [4.78, 5) is 6.90. The third-order valence-electron chi connectivity index (χ3n) is 7.46. The molecule has 3 heterocycles. The van der Waals surface area contributed by atoms with Crippen molar-refractivity contribution in [2.75, 3.05) is 4.90 Å². The number of benzene rings is 3. The van der Waals surface area contributed by atoms with Crippen molar-refractivity contribution in [2.24, 2.45) is 0 Å². The van der Waals surface area contributed by atoms with Gasteiger partial charge >= 0.3 is 0 Å². The minimum absolute atomic E-state index is 0.122. The Morgan fingerprint density at radius 2 is 1.57 bits per heavy atom. The van der Waals surface area contributed by atoms with Gasteiger partial charge in [-0.15, -0.1) is 0 Å². The maximum atomic E-state index is 6.52. The van der Waals surface area contributed by atoms with E-state index in [9.17, 15) is 0 Å². The molecule has 200 valence electrons. The number of nitrogens with one attached hydrogen (secondary N) is 1. The van der Waals surface area contributed by atoms with Gasteiger partial charge in [0.2, 0.25) is 0 Å². The van der Waals surface area contributed by atoms with Crippen LogP contribution in [0, 0.1) is 20.8 Å². The Morgan fingerprint density at radius 1 is 0.850 bits per heavy atom. The van der Waals surface area contributed by atoms with Crippen LogP contribution in [0.2, 0.25) is 5.02 Å². The van der Waals surface area contributed by atoms with Crippen LogP contribution in [-0.4, -0.2) is 14.7 Å². The van der Waals surface area contributed by atoms with Crippen LogP contribution in [0.4, 0.5) is 5.69 Å². The quantitative estimate of drug-likeness (QED) is 0.210. The van der Waals surface area contributed by atoms with Crippen LogP contribution in [0.1, 0.15) is 40.3 Å². The summed E-state index contributed by atoms with van der Waals surface area (Å²) >= 11 is 12.5. The fourth-order valence-electron chi connectivity index (χ4n) is 5.54. The predicted octanol–water partition coefficient (Wildman–Crippen LogP) is 8.42. The average Bonchev–Trinajstić information content (AvgIpc) is 3.46. The van der Waals surface area contributed by atoms with Crippen molar-refractivity contribution in [1.82, 2.24) is 14.9 Å². The molecule has 2 aromatic heterocycles. The second-order valence-corrected chi connectivity index (χ2v) is 10.7. The monoisotopic (exact) mass is 564 g/mol. The Labute approximate surface area is 245 Å². The van der Waals surface area contributed by atoms with Gasteiger partial charge in [0.05, 0.1) is 17.8 Å². The lowest BCUT2D eigenvalue weighted by atomic mass is 9.96. The van der Waals surface area contributed by atoms with E-state index in [1.165, 1.54) is 5.56 Å². The number of aryl methyl sites for hydroxylation is 1. The molecule has 5 aromatic rings. The first-order valence-electron chi connectivity index (χ1n) is 13.2. The fourth-order valence-corrected chi connectivity index (χ4v) is 6.06. The Hall–Kier alpha value is -4.13. The predicted molar refractivity (Wildman–Crippen MR) is 166 cm³/mol. The van der Waals surface area contributed by atoms with Crippen LogP contribution in [0.15, 0.2) is 103 Å². The van der Waals surface area contributed by atoms with E-state index in [1.807, 2.05) is 79.0 Å². The Morgan fingerprint density at radius 3 is 2.30 bits per heavy atom. The highest BCUT2D eigenvalue weighted by Gasteiger charge is 2.42. The first-order valence-corrected chi connectivity index (χ1v) is 14.0. The van der Waals surface area contributed by atoms with Gasteiger partial charge in [0.15, 0.2) is 5.11 Å². The van der Waals surface area contributed by atoms with Crippen molar-refractivity contribution >= 4 is 34.6 Å². The van der Waals surface area contributed by atoms with E-state index in [0.29, 0.717) is 5.11 Å². The summed E-state index contributed by atoms with van der Waals surface area (Å²) in [5, 5.41) is 4.98. The summed E-state index contributed by atoms with van der Waals surface area (Å²) < 4.78 is 8.32. The molecule has 1 aliphatic rings. The van der Waals surface area contributed by atoms with E-state index in [-0.39, 0.29) is 12.1 Å². The number of anilines is 1. The number of thiocarbonyl (C=S) groups is 1. The molecule has 6 rings (SSSR count). The molecule has 0 radical (unpaired) electrons. The second-order valence-electron chi connectivity index (χ2n) is 9.95. The smallest absolute Gasteiger partial charge is 0.174 e. The lowest BCUT2D eigenvalue weighted by Gasteiger charge is -2.28. The van der Waals surface area contributed by atoms with Crippen molar-refractivity contribution in [1.29, 1.82) is 0 Å². The summed E-state index contributed by atoms with van der Waals surface area (Å²) in [5.41, 5.74) is 7.46. The normalized spacial score (nSPS) is 16.7. The number of nitrogens with zero attached hydrogens (tertiary/aromatic N) is 3. The van der Waals surface area contributed by atoms with E-state index in [0.717, 1.165) is 50.5 Å². The van der Waals surface area contributed by atoms with Crippen LogP contribution in [-0.2, 0) is 0 Å². The molecule has 0 amide bonds. The number of halogens is 1. The van der Waals surface area contributed by atoms with E-state index in [1.54, 1.807) is 0 Å². The summed E-state index contributed by atoms with van der Waals surface area (Å²) in [6, 6.07) is 31.9. The van der Waals surface area contributed by atoms with Gasteiger partial charge in [-0.3, -0.25) is 4.98 Å². The molecule has 1 aliphatic heterocycles. The summed E-state index contributed by atoms with van der Waals surface area (Å²) in [6.07, 6.45) is 1.83. The first kappa shape index (κ1) is 26.1. The maximum Gasteiger partial charge on any atom is 0.174 e. The molecule has 1 fully saturated rings. The lowest BCUT2D eigenvalue weighted by molar-refractivity contribution is 0.482. The van der Waals surface area contributed by atoms with E-state index < -0.39 is 0 Å². The molecule has 3 aromatic carbocycles. The highest BCUT2D eigenvalue weighted by molar-refractivity contribution is 7.80. The van der Waals surface area contributed by atoms with Gasteiger partial charge in [0.25, 0.3) is 0 Å². The molecule has 0 aliphatic carbocycles. The van der Waals surface area contributed by atoms with E-state index in [4.69, 9.17) is 33.5 Å². The first-order chi connectivity index (χ1) is 19.4. The standard InChI is InChI=1S/C33H29ClN4OS/c1-21-20-27(23(3)37(21)30-14-9-12-28(34)22(30)2)32-31(29-13-7-8-19-35-29)36-33(40)38(32)24-15-17-26(18-16-24)39-25-10-5-4-6-11-25/h4-20,31-32H,1-3H3,(H,36,40)/t31-,32-/m0/s1. The molecule has 0 bridgehead atoms. The van der Waals surface area contributed by atoms with Gasteiger partial charge in [0, 0.05) is 34.0 Å². The Bertz CT molecular complexity index is 1670.